The van der Waals surface area contributed by atoms with E-state index >= 15 is 0 Å². The Morgan fingerprint density at radius 2 is 2.04 bits per heavy atom. The lowest BCUT2D eigenvalue weighted by atomic mass is 9.93. The third-order valence-electron chi connectivity index (χ3n) is 4.85. The van der Waals surface area contributed by atoms with Gasteiger partial charge in [0, 0.05) is 68.0 Å². The quantitative estimate of drug-likeness (QED) is 0.775. The van der Waals surface area contributed by atoms with Gasteiger partial charge in [-0.1, -0.05) is 6.08 Å². The van der Waals surface area contributed by atoms with Gasteiger partial charge in [-0.3, -0.25) is 14.7 Å². The van der Waals surface area contributed by atoms with Crippen LogP contribution >= 0.6 is 0 Å². The van der Waals surface area contributed by atoms with E-state index in [1.807, 2.05) is 31.0 Å². The minimum absolute atomic E-state index is 0.350. The maximum atomic E-state index is 4.38. The number of H-pyrrole nitrogens is 1. The van der Waals surface area contributed by atoms with E-state index in [0.29, 0.717) is 0 Å². The van der Waals surface area contributed by atoms with Crippen molar-refractivity contribution in [3.05, 3.63) is 53.8 Å². The molecule has 0 aliphatic carbocycles. The van der Waals surface area contributed by atoms with Crippen LogP contribution in [0.15, 0.2) is 36.9 Å². The second-order valence-electron chi connectivity index (χ2n) is 6.39. The van der Waals surface area contributed by atoms with E-state index in [2.05, 4.69) is 55.4 Å². The van der Waals surface area contributed by atoms with Gasteiger partial charge in [-0.25, -0.2) is 0 Å². The number of allylic oxidation sites excluding steroid dienone is 2. The summed E-state index contributed by atoms with van der Waals surface area (Å²) in [5.41, 5.74) is 4.14. The van der Waals surface area contributed by atoms with Crippen molar-refractivity contribution in [1.29, 1.82) is 0 Å². The van der Waals surface area contributed by atoms with Gasteiger partial charge < -0.3 is 10.6 Å². The van der Waals surface area contributed by atoms with Crippen LogP contribution in [0.2, 0.25) is 0 Å². The van der Waals surface area contributed by atoms with Crippen molar-refractivity contribution >= 4 is 5.57 Å². The first-order valence-electron chi connectivity index (χ1n) is 8.31. The topological polar surface area (TPSA) is 73.8 Å². The zero-order valence-electron chi connectivity index (χ0n) is 14.1. The van der Waals surface area contributed by atoms with Crippen molar-refractivity contribution in [2.24, 2.45) is 7.05 Å². The van der Waals surface area contributed by atoms with E-state index in [-0.39, 0.29) is 5.66 Å². The molecule has 1 saturated heterocycles. The summed E-state index contributed by atoms with van der Waals surface area (Å²) in [6.07, 6.45) is 12.4. The minimum atomic E-state index is -0.350. The molecule has 2 aliphatic rings. The first-order chi connectivity index (χ1) is 11.7. The highest BCUT2D eigenvalue weighted by molar-refractivity contribution is 5.76. The summed E-state index contributed by atoms with van der Waals surface area (Å²) in [6.45, 7) is 6.00. The molecule has 0 bridgehead atoms. The van der Waals surface area contributed by atoms with Crippen molar-refractivity contribution in [2.75, 3.05) is 26.2 Å². The highest BCUT2D eigenvalue weighted by atomic mass is 15.4. The zero-order valence-corrected chi connectivity index (χ0v) is 14.1. The van der Waals surface area contributed by atoms with Gasteiger partial charge in [-0.2, -0.15) is 10.2 Å². The third kappa shape index (κ3) is 2.46. The van der Waals surface area contributed by atoms with Crippen LogP contribution in [0, 0.1) is 6.92 Å². The molecule has 0 amide bonds. The van der Waals surface area contributed by atoms with Crippen molar-refractivity contribution < 1.29 is 0 Å². The number of nitrogens with zero attached hydrogens (tertiary/aromatic N) is 4. The maximum Gasteiger partial charge on any atom is 0.140 e. The monoisotopic (exact) mass is 325 g/mol. The van der Waals surface area contributed by atoms with E-state index in [9.17, 15) is 0 Å². The number of aromatic amines is 1. The number of hydrogen-bond acceptors (Lipinski definition) is 5. The van der Waals surface area contributed by atoms with E-state index in [0.717, 1.165) is 48.6 Å². The summed E-state index contributed by atoms with van der Waals surface area (Å²) >= 11 is 0. The van der Waals surface area contributed by atoms with Crippen LogP contribution < -0.4 is 10.6 Å². The molecule has 1 unspecified atom stereocenters. The summed E-state index contributed by atoms with van der Waals surface area (Å²) < 4.78 is 1.86. The Morgan fingerprint density at radius 3 is 2.62 bits per heavy atom. The van der Waals surface area contributed by atoms with Gasteiger partial charge >= 0.3 is 0 Å². The van der Waals surface area contributed by atoms with Gasteiger partial charge in [0.25, 0.3) is 0 Å². The third-order valence-corrected chi connectivity index (χ3v) is 4.85. The molecule has 24 heavy (non-hydrogen) atoms. The Hall–Kier alpha value is -2.38. The second kappa shape index (κ2) is 5.92. The first-order valence-corrected chi connectivity index (χ1v) is 8.31. The van der Waals surface area contributed by atoms with Crippen molar-refractivity contribution in [1.82, 2.24) is 35.5 Å². The van der Waals surface area contributed by atoms with Gasteiger partial charge in [-0.15, -0.1) is 0 Å². The minimum Gasteiger partial charge on any atom is -0.365 e. The number of aromatic nitrogens is 4. The molecule has 1 fully saturated rings. The van der Waals surface area contributed by atoms with Gasteiger partial charge in [-0.05, 0) is 13.0 Å². The Balaban J connectivity index is 1.70. The van der Waals surface area contributed by atoms with Crippen molar-refractivity contribution in [3.8, 4) is 0 Å². The lowest BCUT2D eigenvalue weighted by Gasteiger charge is -2.45. The van der Waals surface area contributed by atoms with E-state index in [1.54, 1.807) is 0 Å². The molecule has 0 spiro atoms. The SMILES string of the molecule is Cc1[nH]ncc1C1=CNC(c2cnn(C)c2)(N2CCNCC2)C=C1. The molecule has 126 valence electrons. The van der Waals surface area contributed by atoms with Crippen molar-refractivity contribution in [2.45, 2.75) is 12.6 Å². The van der Waals surface area contributed by atoms with E-state index in [1.165, 1.54) is 0 Å². The normalized spacial score (nSPS) is 24.7. The number of piperazine rings is 1. The second-order valence-corrected chi connectivity index (χ2v) is 6.39. The average Bonchev–Trinajstić information content (AvgIpc) is 3.24. The Kier molecular flexibility index (Phi) is 3.74. The number of rotatable bonds is 3. The summed E-state index contributed by atoms with van der Waals surface area (Å²) in [5.74, 6) is 0. The van der Waals surface area contributed by atoms with Crippen LogP contribution in [0.1, 0.15) is 16.8 Å². The maximum absolute atomic E-state index is 4.38. The largest absolute Gasteiger partial charge is 0.365 e. The molecule has 7 heteroatoms. The standard InChI is InChI=1S/C17H23N7/c1-13-16(11-20-22-13)14-3-4-17(19-9-14,15-10-21-23(2)12-15)24-7-5-18-6-8-24/h3-4,9-12,18-19H,5-8H2,1-2H3,(H,20,22). The molecular formula is C17H23N7. The predicted octanol–water partition coefficient (Wildman–Crippen LogP) is 0.710. The van der Waals surface area contributed by atoms with Crippen LogP contribution in [-0.2, 0) is 12.7 Å². The summed E-state index contributed by atoms with van der Waals surface area (Å²) in [6, 6.07) is 0. The molecule has 0 saturated carbocycles. The molecule has 2 aromatic heterocycles. The zero-order chi connectivity index (χ0) is 16.6. The molecule has 4 heterocycles. The molecular weight excluding hydrogens is 302 g/mol. The van der Waals surface area contributed by atoms with Gasteiger partial charge in [0.1, 0.15) is 5.66 Å². The van der Waals surface area contributed by atoms with Gasteiger partial charge in [0.15, 0.2) is 0 Å². The fourth-order valence-corrected chi connectivity index (χ4v) is 3.50. The molecule has 0 aromatic carbocycles. The Labute approximate surface area is 141 Å². The van der Waals surface area contributed by atoms with Gasteiger partial charge in [0.05, 0.1) is 12.4 Å². The Morgan fingerprint density at radius 1 is 1.21 bits per heavy atom. The first kappa shape index (κ1) is 15.2. The highest BCUT2D eigenvalue weighted by Gasteiger charge is 2.38. The number of nitrogens with one attached hydrogen (secondary N) is 3. The van der Waals surface area contributed by atoms with Crippen molar-refractivity contribution in [3.63, 3.8) is 0 Å². The van der Waals surface area contributed by atoms with E-state index < -0.39 is 0 Å². The van der Waals surface area contributed by atoms with Crippen LogP contribution in [0.4, 0.5) is 0 Å². The van der Waals surface area contributed by atoms with Gasteiger partial charge in [0.2, 0.25) is 0 Å². The Bertz CT molecular complexity index is 778. The van der Waals surface area contributed by atoms with Crippen LogP contribution in [-0.4, -0.2) is 51.1 Å². The lowest BCUT2D eigenvalue weighted by molar-refractivity contribution is 0.0922. The fraction of sp³-hybridized carbons (Fsp3) is 0.412. The molecule has 4 rings (SSSR count). The molecule has 1 atom stereocenters. The summed E-state index contributed by atoms with van der Waals surface area (Å²) in [7, 11) is 1.96. The number of dihydropyridines is 1. The number of aryl methyl sites for hydroxylation is 2. The van der Waals surface area contributed by atoms with E-state index in [4.69, 9.17) is 0 Å². The van der Waals surface area contributed by atoms with Crippen LogP contribution in [0.3, 0.4) is 0 Å². The number of hydrogen-bond donors (Lipinski definition) is 3. The predicted molar refractivity (Wildman–Crippen MR) is 92.9 cm³/mol. The molecule has 2 aliphatic heterocycles. The van der Waals surface area contributed by atoms with Crippen LogP contribution in [0.25, 0.3) is 5.57 Å². The average molecular weight is 325 g/mol. The molecule has 0 radical (unpaired) electrons. The molecule has 3 N–H and O–H groups in total. The lowest BCUT2D eigenvalue weighted by Crippen LogP contribution is -2.59. The smallest absolute Gasteiger partial charge is 0.140 e. The van der Waals surface area contributed by atoms with Crippen LogP contribution in [0.5, 0.6) is 0 Å². The summed E-state index contributed by atoms with van der Waals surface area (Å²) in [5, 5.41) is 18.6. The fourth-order valence-electron chi connectivity index (χ4n) is 3.50. The molecule has 7 nitrogen and oxygen atoms in total. The highest BCUT2D eigenvalue weighted by Crippen LogP contribution is 2.33. The molecule has 2 aromatic rings. The summed E-state index contributed by atoms with van der Waals surface area (Å²) in [4.78, 5) is 2.46.